The predicted octanol–water partition coefficient (Wildman–Crippen LogP) is 5.35. The molecular weight excluding hydrogens is 322 g/mol. The summed E-state index contributed by atoms with van der Waals surface area (Å²) in [6.07, 6.45) is 0. The zero-order chi connectivity index (χ0) is 17.3. The highest BCUT2D eigenvalue weighted by molar-refractivity contribution is 5.89. The van der Waals surface area contributed by atoms with Crippen LogP contribution < -0.4 is 0 Å². The van der Waals surface area contributed by atoms with E-state index in [9.17, 15) is 0 Å². The topological polar surface area (TPSA) is 43.9 Å². The fraction of sp³-hybridized carbons (Fsp3) is 0. The molecule has 0 fully saturated rings. The van der Waals surface area contributed by atoms with Crippen LogP contribution in [-0.2, 0) is 0 Å². The maximum absolute atomic E-state index is 6.15. The molecule has 0 aliphatic rings. The standard InChI is InChI=1S/C22H15N3O/c1-4-10-16(11-5-1)19-20-21(25(24-19)18-14-8-3-9-15-18)23-22(26-20)17-12-6-2-7-13-17/h1-15H. The predicted molar refractivity (Wildman–Crippen MR) is 102 cm³/mol. The average molecular weight is 337 g/mol. The second kappa shape index (κ2) is 6.01. The van der Waals surface area contributed by atoms with E-state index in [-0.39, 0.29) is 0 Å². The number of oxazole rings is 1. The van der Waals surface area contributed by atoms with E-state index in [2.05, 4.69) is 0 Å². The number of hydrogen-bond acceptors (Lipinski definition) is 3. The van der Waals surface area contributed by atoms with Gasteiger partial charge in [-0.05, 0) is 24.3 Å². The monoisotopic (exact) mass is 337 g/mol. The summed E-state index contributed by atoms with van der Waals surface area (Å²) >= 11 is 0. The number of hydrogen-bond donors (Lipinski definition) is 0. The van der Waals surface area contributed by atoms with Crippen LogP contribution in [0.15, 0.2) is 95.4 Å². The molecule has 0 radical (unpaired) electrons. The van der Waals surface area contributed by atoms with Gasteiger partial charge in [-0.2, -0.15) is 10.1 Å². The van der Waals surface area contributed by atoms with Gasteiger partial charge in [-0.15, -0.1) is 0 Å². The van der Waals surface area contributed by atoms with E-state index >= 15 is 0 Å². The SMILES string of the molecule is c1ccc(-c2nc3c(o2)c(-c2ccccc2)nn3-c2ccccc2)cc1. The van der Waals surface area contributed by atoms with Gasteiger partial charge >= 0.3 is 0 Å². The lowest BCUT2D eigenvalue weighted by Crippen LogP contribution is -1.97. The van der Waals surface area contributed by atoms with Crippen LogP contribution in [0.1, 0.15) is 0 Å². The van der Waals surface area contributed by atoms with E-state index in [1.807, 2.05) is 95.7 Å². The molecule has 0 bridgehead atoms. The minimum atomic E-state index is 0.597. The molecular formula is C22H15N3O. The number of aromatic nitrogens is 3. The minimum absolute atomic E-state index is 0.597. The molecule has 0 aliphatic carbocycles. The zero-order valence-electron chi connectivity index (χ0n) is 13.9. The van der Waals surface area contributed by atoms with Crippen molar-refractivity contribution in [3.05, 3.63) is 91.0 Å². The van der Waals surface area contributed by atoms with Gasteiger partial charge < -0.3 is 4.42 Å². The second-order valence-electron chi connectivity index (χ2n) is 6.00. The molecule has 0 unspecified atom stereocenters. The average Bonchev–Trinajstić information content (AvgIpc) is 3.29. The van der Waals surface area contributed by atoms with Gasteiger partial charge in [0.05, 0.1) is 5.69 Å². The van der Waals surface area contributed by atoms with Gasteiger partial charge in [-0.1, -0.05) is 66.7 Å². The van der Waals surface area contributed by atoms with Crippen molar-refractivity contribution < 1.29 is 4.42 Å². The molecule has 0 amide bonds. The summed E-state index contributed by atoms with van der Waals surface area (Å²) in [7, 11) is 0. The molecule has 0 spiro atoms. The first-order valence-electron chi connectivity index (χ1n) is 8.46. The molecule has 3 aromatic carbocycles. The van der Waals surface area contributed by atoms with Gasteiger partial charge in [0.1, 0.15) is 5.69 Å². The third-order valence-electron chi connectivity index (χ3n) is 4.29. The molecule has 2 heterocycles. The molecule has 4 heteroatoms. The van der Waals surface area contributed by atoms with Crippen LogP contribution in [0.25, 0.3) is 39.6 Å². The highest BCUT2D eigenvalue weighted by Gasteiger charge is 2.20. The van der Waals surface area contributed by atoms with E-state index in [4.69, 9.17) is 14.5 Å². The van der Waals surface area contributed by atoms with Crippen molar-refractivity contribution in [3.8, 4) is 28.4 Å². The van der Waals surface area contributed by atoms with Crippen LogP contribution >= 0.6 is 0 Å². The summed E-state index contributed by atoms with van der Waals surface area (Å²) in [6.45, 7) is 0. The summed E-state index contributed by atoms with van der Waals surface area (Å²) in [5, 5.41) is 4.79. The fourth-order valence-electron chi connectivity index (χ4n) is 3.04. The first-order valence-corrected chi connectivity index (χ1v) is 8.46. The van der Waals surface area contributed by atoms with Crippen molar-refractivity contribution in [1.82, 2.24) is 14.8 Å². The summed E-state index contributed by atoms with van der Waals surface area (Å²) in [6, 6.07) is 30.0. The van der Waals surface area contributed by atoms with Crippen LogP contribution in [0.4, 0.5) is 0 Å². The van der Waals surface area contributed by atoms with Gasteiger partial charge in [0, 0.05) is 11.1 Å². The lowest BCUT2D eigenvalue weighted by Gasteiger charge is -2.01. The Morgan fingerprint density at radius 1 is 0.654 bits per heavy atom. The van der Waals surface area contributed by atoms with Gasteiger partial charge in [-0.25, -0.2) is 4.68 Å². The van der Waals surface area contributed by atoms with Crippen molar-refractivity contribution >= 4 is 11.2 Å². The van der Waals surface area contributed by atoms with Crippen LogP contribution in [0.2, 0.25) is 0 Å². The maximum atomic E-state index is 6.15. The number of benzene rings is 3. The second-order valence-corrected chi connectivity index (χ2v) is 6.00. The van der Waals surface area contributed by atoms with Gasteiger partial charge in [0.25, 0.3) is 0 Å². The lowest BCUT2D eigenvalue weighted by molar-refractivity contribution is 0.619. The van der Waals surface area contributed by atoms with Crippen LogP contribution in [0, 0.1) is 0 Å². The quantitative estimate of drug-likeness (QED) is 0.446. The number of rotatable bonds is 3. The highest BCUT2D eigenvalue weighted by atomic mass is 16.4. The van der Waals surface area contributed by atoms with Crippen molar-refractivity contribution in [1.29, 1.82) is 0 Å². The molecule has 0 saturated heterocycles. The van der Waals surface area contributed by atoms with E-state index < -0.39 is 0 Å². The third-order valence-corrected chi connectivity index (χ3v) is 4.29. The molecule has 0 atom stereocenters. The van der Waals surface area contributed by atoms with Gasteiger partial charge in [-0.3, -0.25) is 0 Å². The number of nitrogens with zero attached hydrogens (tertiary/aromatic N) is 3. The van der Waals surface area contributed by atoms with E-state index in [1.165, 1.54) is 0 Å². The summed E-state index contributed by atoms with van der Waals surface area (Å²) in [5.74, 6) is 0.597. The fourth-order valence-corrected chi connectivity index (χ4v) is 3.04. The molecule has 0 saturated carbocycles. The first kappa shape index (κ1) is 14.7. The first-order chi connectivity index (χ1) is 12.9. The Balaban J connectivity index is 1.78. The van der Waals surface area contributed by atoms with Crippen molar-refractivity contribution in [2.24, 2.45) is 0 Å². The van der Waals surface area contributed by atoms with Gasteiger partial charge in [0.15, 0.2) is 0 Å². The molecule has 4 nitrogen and oxygen atoms in total. The third kappa shape index (κ3) is 2.40. The van der Waals surface area contributed by atoms with E-state index in [1.54, 1.807) is 0 Å². The summed E-state index contributed by atoms with van der Waals surface area (Å²) in [5.41, 5.74) is 5.10. The molecule has 5 aromatic rings. The van der Waals surface area contributed by atoms with E-state index in [0.29, 0.717) is 17.1 Å². The normalized spacial score (nSPS) is 11.1. The minimum Gasteiger partial charge on any atom is -0.432 e. The van der Waals surface area contributed by atoms with Crippen LogP contribution in [0.3, 0.4) is 0 Å². The Morgan fingerprint density at radius 2 is 1.23 bits per heavy atom. The smallest absolute Gasteiger partial charge is 0.229 e. The summed E-state index contributed by atoms with van der Waals surface area (Å²) < 4.78 is 7.99. The van der Waals surface area contributed by atoms with Crippen molar-refractivity contribution in [2.45, 2.75) is 0 Å². The summed E-state index contributed by atoms with van der Waals surface area (Å²) in [4.78, 5) is 4.74. The Kier molecular flexibility index (Phi) is 3.39. The van der Waals surface area contributed by atoms with Crippen LogP contribution in [0.5, 0.6) is 0 Å². The molecule has 2 aromatic heterocycles. The molecule has 26 heavy (non-hydrogen) atoms. The lowest BCUT2D eigenvalue weighted by atomic mass is 10.1. The van der Waals surface area contributed by atoms with Gasteiger partial charge in [0.2, 0.25) is 17.1 Å². The molecule has 5 rings (SSSR count). The number of fused-ring (bicyclic) bond motifs is 1. The Hall–Kier alpha value is -3.66. The highest BCUT2D eigenvalue weighted by Crippen LogP contribution is 2.33. The molecule has 124 valence electrons. The van der Waals surface area contributed by atoms with E-state index in [0.717, 1.165) is 22.5 Å². The Bertz CT molecular complexity index is 1090. The van der Waals surface area contributed by atoms with Crippen molar-refractivity contribution in [2.75, 3.05) is 0 Å². The Morgan fingerprint density at radius 3 is 1.88 bits per heavy atom. The maximum Gasteiger partial charge on any atom is 0.229 e. The molecule has 0 aliphatic heterocycles. The number of para-hydroxylation sites is 1. The van der Waals surface area contributed by atoms with Crippen molar-refractivity contribution in [3.63, 3.8) is 0 Å². The van der Waals surface area contributed by atoms with Crippen LogP contribution in [-0.4, -0.2) is 14.8 Å². The zero-order valence-corrected chi connectivity index (χ0v) is 13.9. The molecule has 0 N–H and O–H groups in total. The Labute approximate surface area is 150 Å². The largest absolute Gasteiger partial charge is 0.432 e.